The van der Waals surface area contributed by atoms with Crippen LogP contribution in [0.15, 0.2) is 6.20 Å². The van der Waals surface area contributed by atoms with Crippen LogP contribution in [0, 0.1) is 12.3 Å². The Labute approximate surface area is 116 Å². The van der Waals surface area contributed by atoms with Crippen molar-refractivity contribution in [2.45, 2.75) is 19.9 Å². The molecule has 2 unspecified atom stereocenters. The number of aryl methyl sites for hydroxylation is 2. The number of hydrogen-bond acceptors (Lipinski definition) is 4. The van der Waals surface area contributed by atoms with E-state index in [1.807, 2.05) is 0 Å². The lowest BCUT2D eigenvalue weighted by atomic mass is 9.85. The number of hydrogen-bond donors (Lipinski definition) is 3. The van der Waals surface area contributed by atoms with Gasteiger partial charge in [0.15, 0.2) is 0 Å². The van der Waals surface area contributed by atoms with Crippen LogP contribution in [0.25, 0.3) is 0 Å². The number of carbonyl (C=O) groups excluding carboxylic acids is 1. The summed E-state index contributed by atoms with van der Waals surface area (Å²) in [5, 5.41) is 18.6. The van der Waals surface area contributed by atoms with Crippen molar-refractivity contribution in [3.05, 3.63) is 11.9 Å². The molecule has 0 spiro atoms. The van der Waals surface area contributed by atoms with Gasteiger partial charge in [-0.2, -0.15) is 5.10 Å². The van der Waals surface area contributed by atoms with E-state index in [0.29, 0.717) is 11.4 Å². The standard InChI is InChI=1S/C12H18N4O4/c1-7-8(4-16(3)15-7)13-11(19)14-9-5-20-6-12(9,2)10(17)18/h4,9H,5-6H2,1-3H3,(H,17,18)(H2,13,14,19). The molecule has 2 amide bonds. The van der Waals surface area contributed by atoms with Gasteiger partial charge in [-0.3, -0.25) is 9.48 Å². The molecule has 110 valence electrons. The zero-order valence-corrected chi connectivity index (χ0v) is 11.6. The maximum atomic E-state index is 11.9. The number of carboxylic acid groups (broad SMARTS) is 1. The Morgan fingerprint density at radius 1 is 1.60 bits per heavy atom. The Morgan fingerprint density at radius 3 is 2.85 bits per heavy atom. The second-order valence-corrected chi connectivity index (χ2v) is 5.19. The molecule has 1 aromatic rings. The van der Waals surface area contributed by atoms with Crippen LogP contribution in [0.4, 0.5) is 10.5 Å². The zero-order chi connectivity index (χ0) is 14.9. The maximum Gasteiger partial charge on any atom is 0.319 e. The summed E-state index contributed by atoms with van der Waals surface area (Å²) in [4.78, 5) is 23.2. The van der Waals surface area contributed by atoms with Crippen molar-refractivity contribution < 1.29 is 19.4 Å². The Morgan fingerprint density at radius 2 is 2.30 bits per heavy atom. The Bertz CT molecular complexity index is 542. The van der Waals surface area contributed by atoms with Gasteiger partial charge in [-0.15, -0.1) is 0 Å². The topological polar surface area (TPSA) is 105 Å². The molecule has 1 aromatic heterocycles. The van der Waals surface area contributed by atoms with Gasteiger partial charge < -0.3 is 20.5 Å². The maximum absolute atomic E-state index is 11.9. The summed E-state index contributed by atoms with van der Waals surface area (Å²) in [6.45, 7) is 3.60. The Balaban J connectivity index is 2.01. The van der Waals surface area contributed by atoms with E-state index in [1.54, 1.807) is 31.8 Å². The number of anilines is 1. The molecule has 3 N–H and O–H groups in total. The Hall–Kier alpha value is -2.09. The van der Waals surface area contributed by atoms with Crippen molar-refractivity contribution >= 4 is 17.7 Å². The van der Waals surface area contributed by atoms with Gasteiger partial charge in [0.1, 0.15) is 5.41 Å². The van der Waals surface area contributed by atoms with E-state index in [9.17, 15) is 14.7 Å². The number of rotatable bonds is 3. The SMILES string of the molecule is Cc1nn(C)cc1NC(=O)NC1COCC1(C)C(=O)O. The summed E-state index contributed by atoms with van der Waals surface area (Å²) in [5.41, 5.74) is 0.161. The lowest BCUT2D eigenvalue weighted by Gasteiger charge is -2.25. The highest BCUT2D eigenvalue weighted by molar-refractivity contribution is 5.90. The normalized spacial score (nSPS) is 25.4. The average Bonchev–Trinajstić information content (AvgIpc) is 2.85. The van der Waals surface area contributed by atoms with E-state index in [4.69, 9.17) is 4.74 Å². The molecule has 8 nitrogen and oxygen atoms in total. The Kier molecular flexibility index (Phi) is 3.67. The number of aromatic nitrogens is 2. The lowest BCUT2D eigenvalue weighted by Crippen LogP contribution is -2.50. The minimum Gasteiger partial charge on any atom is -0.481 e. The van der Waals surface area contributed by atoms with Crippen LogP contribution in [0.2, 0.25) is 0 Å². The van der Waals surface area contributed by atoms with Crippen molar-refractivity contribution in [2.24, 2.45) is 12.5 Å². The summed E-state index contributed by atoms with van der Waals surface area (Å²) in [7, 11) is 1.75. The summed E-state index contributed by atoms with van der Waals surface area (Å²) < 4.78 is 6.76. The first-order chi connectivity index (χ1) is 9.33. The van der Waals surface area contributed by atoms with Crippen LogP contribution in [0.3, 0.4) is 0 Å². The summed E-state index contributed by atoms with van der Waals surface area (Å²) in [5.74, 6) is -0.988. The van der Waals surface area contributed by atoms with Crippen LogP contribution < -0.4 is 10.6 Å². The third-order valence-electron chi connectivity index (χ3n) is 3.51. The number of aliphatic carboxylic acids is 1. The fraction of sp³-hybridized carbons (Fsp3) is 0.583. The van der Waals surface area contributed by atoms with E-state index in [2.05, 4.69) is 15.7 Å². The molecular formula is C12H18N4O4. The molecule has 2 atom stereocenters. The van der Waals surface area contributed by atoms with Gasteiger partial charge >= 0.3 is 12.0 Å². The van der Waals surface area contributed by atoms with Gasteiger partial charge in [-0.1, -0.05) is 0 Å². The summed E-state index contributed by atoms with van der Waals surface area (Å²) in [6.07, 6.45) is 1.68. The molecule has 1 saturated heterocycles. The molecule has 0 saturated carbocycles. The first kappa shape index (κ1) is 14.3. The fourth-order valence-electron chi connectivity index (χ4n) is 2.12. The zero-order valence-electron chi connectivity index (χ0n) is 11.6. The largest absolute Gasteiger partial charge is 0.481 e. The van der Waals surface area contributed by atoms with E-state index in [-0.39, 0.29) is 13.2 Å². The first-order valence-electron chi connectivity index (χ1n) is 6.22. The van der Waals surface area contributed by atoms with E-state index in [0.717, 1.165) is 0 Å². The molecule has 20 heavy (non-hydrogen) atoms. The van der Waals surface area contributed by atoms with Crippen LogP contribution in [0.5, 0.6) is 0 Å². The summed E-state index contributed by atoms with van der Waals surface area (Å²) in [6, 6.07) is -1.04. The van der Waals surface area contributed by atoms with Gasteiger partial charge in [-0.25, -0.2) is 4.79 Å². The lowest BCUT2D eigenvalue weighted by molar-refractivity contribution is -0.148. The van der Waals surface area contributed by atoms with Crippen LogP contribution in [0.1, 0.15) is 12.6 Å². The second-order valence-electron chi connectivity index (χ2n) is 5.19. The van der Waals surface area contributed by atoms with Crippen molar-refractivity contribution in [3.63, 3.8) is 0 Å². The molecule has 2 heterocycles. The second kappa shape index (κ2) is 5.12. The highest BCUT2D eigenvalue weighted by Gasteiger charge is 2.47. The number of carbonyl (C=O) groups is 2. The molecule has 8 heteroatoms. The fourth-order valence-corrected chi connectivity index (χ4v) is 2.12. The highest BCUT2D eigenvalue weighted by atomic mass is 16.5. The third kappa shape index (κ3) is 2.60. The molecule has 0 aromatic carbocycles. The molecule has 1 aliphatic rings. The number of amides is 2. The van der Waals surface area contributed by atoms with Gasteiger partial charge in [0.25, 0.3) is 0 Å². The van der Waals surface area contributed by atoms with Gasteiger partial charge in [0, 0.05) is 13.2 Å². The minimum atomic E-state index is -1.11. The van der Waals surface area contributed by atoms with Crippen LogP contribution >= 0.6 is 0 Å². The molecule has 1 fully saturated rings. The predicted octanol–water partition coefficient (Wildman–Crippen LogP) is 0.340. The van der Waals surface area contributed by atoms with Gasteiger partial charge in [0.05, 0.1) is 30.6 Å². The van der Waals surface area contributed by atoms with Crippen molar-refractivity contribution in [1.29, 1.82) is 0 Å². The third-order valence-corrected chi connectivity index (χ3v) is 3.51. The van der Waals surface area contributed by atoms with E-state index in [1.165, 1.54) is 0 Å². The minimum absolute atomic E-state index is 0.0825. The quantitative estimate of drug-likeness (QED) is 0.741. The monoisotopic (exact) mass is 282 g/mol. The average molecular weight is 282 g/mol. The van der Waals surface area contributed by atoms with Crippen molar-refractivity contribution in [2.75, 3.05) is 18.5 Å². The van der Waals surface area contributed by atoms with Gasteiger partial charge in [0.2, 0.25) is 0 Å². The number of carboxylic acids is 1. The van der Waals surface area contributed by atoms with Crippen molar-refractivity contribution in [1.82, 2.24) is 15.1 Å². The molecule has 0 aliphatic carbocycles. The number of urea groups is 1. The van der Waals surface area contributed by atoms with Crippen molar-refractivity contribution in [3.8, 4) is 0 Å². The number of nitrogens with zero attached hydrogens (tertiary/aromatic N) is 2. The van der Waals surface area contributed by atoms with E-state index >= 15 is 0 Å². The van der Waals surface area contributed by atoms with Gasteiger partial charge in [-0.05, 0) is 13.8 Å². The molecule has 0 radical (unpaired) electrons. The number of nitrogens with one attached hydrogen (secondary N) is 2. The van der Waals surface area contributed by atoms with E-state index < -0.39 is 23.5 Å². The van der Waals surface area contributed by atoms with Crippen LogP contribution in [-0.2, 0) is 16.6 Å². The molecule has 2 rings (SSSR count). The number of ether oxygens (including phenoxy) is 1. The smallest absolute Gasteiger partial charge is 0.319 e. The first-order valence-corrected chi connectivity index (χ1v) is 6.22. The molecule has 0 bridgehead atoms. The highest BCUT2D eigenvalue weighted by Crippen LogP contribution is 2.28. The predicted molar refractivity (Wildman–Crippen MR) is 70.4 cm³/mol. The summed E-state index contributed by atoms with van der Waals surface area (Å²) >= 11 is 0. The van der Waals surface area contributed by atoms with Crippen LogP contribution in [-0.4, -0.2) is 46.1 Å². The molecular weight excluding hydrogens is 264 g/mol. The molecule has 1 aliphatic heterocycles.